The average molecular weight is 408 g/mol. The van der Waals surface area contributed by atoms with Gasteiger partial charge in [0.15, 0.2) is 5.01 Å². The van der Waals surface area contributed by atoms with Crippen LogP contribution in [-0.4, -0.2) is 28.1 Å². The third-order valence-corrected chi connectivity index (χ3v) is 5.30. The van der Waals surface area contributed by atoms with Gasteiger partial charge in [0.05, 0.1) is 0 Å². The van der Waals surface area contributed by atoms with Crippen LogP contribution in [0.4, 0.5) is 5.69 Å². The van der Waals surface area contributed by atoms with Gasteiger partial charge in [0.1, 0.15) is 12.4 Å². The van der Waals surface area contributed by atoms with Gasteiger partial charge in [-0.15, -0.1) is 10.2 Å². The Kier molecular flexibility index (Phi) is 5.53. The number of nitrogens with zero attached hydrogens (tertiary/aromatic N) is 2. The molecule has 1 aromatic heterocycles. The van der Waals surface area contributed by atoms with Crippen molar-refractivity contribution in [3.05, 3.63) is 69.7 Å². The zero-order valence-electron chi connectivity index (χ0n) is 15.8. The van der Waals surface area contributed by atoms with Crippen molar-refractivity contribution >= 4 is 28.8 Å². The lowest BCUT2D eigenvalue weighted by Crippen LogP contribution is -2.25. The summed E-state index contributed by atoms with van der Waals surface area (Å²) in [7, 11) is 0. The summed E-state index contributed by atoms with van der Waals surface area (Å²) in [5.74, 6) is 0.273. The first-order valence-electron chi connectivity index (χ1n) is 9.31. The number of hydrogen-bond acceptors (Lipinski definition) is 6. The number of amides is 2. The molecule has 8 heteroatoms. The molecule has 2 aromatic carbocycles. The number of aromatic nitrogens is 2. The third kappa shape index (κ3) is 4.97. The highest BCUT2D eigenvalue weighted by molar-refractivity contribution is 7.13. The molecule has 148 valence electrons. The Morgan fingerprint density at radius 1 is 1.10 bits per heavy atom. The minimum Gasteiger partial charge on any atom is -0.486 e. The molecule has 1 aliphatic rings. The molecule has 0 atom stereocenters. The highest BCUT2D eigenvalue weighted by atomic mass is 32.1. The maximum Gasteiger partial charge on any atom is 0.286 e. The highest BCUT2D eigenvalue weighted by Crippen LogP contribution is 2.21. The smallest absolute Gasteiger partial charge is 0.286 e. The molecule has 1 saturated carbocycles. The number of anilines is 1. The van der Waals surface area contributed by atoms with Gasteiger partial charge in [0.25, 0.3) is 11.8 Å². The van der Waals surface area contributed by atoms with Gasteiger partial charge in [-0.05, 0) is 49.6 Å². The van der Waals surface area contributed by atoms with E-state index < -0.39 is 0 Å². The molecule has 2 N–H and O–H groups in total. The number of benzene rings is 2. The molecule has 1 aliphatic carbocycles. The Bertz CT molecular complexity index is 1050. The van der Waals surface area contributed by atoms with E-state index in [1.807, 2.05) is 31.2 Å². The van der Waals surface area contributed by atoms with Crippen LogP contribution in [0.25, 0.3) is 0 Å². The van der Waals surface area contributed by atoms with Gasteiger partial charge in [-0.1, -0.05) is 35.6 Å². The Morgan fingerprint density at radius 3 is 2.72 bits per heavy atom. The first kappa shape index (κ1) is 19.1. The molecule has 0 spiro atoms. The molecule has 1 fully saturated rings. The van der Waals surface area contributed by atoms with E-state index in [-0.39, 0.29) is 29.5 Å². The summed E-state index contributed by atoms with van der Waals surface area (Å²) in [5.41, 5.74) is 2.08. The molecule has 3 aromatic rings. The first-order chi connectivity index (χ1) is 14.1. The zero-order chi connectivity index (χ0) is 20.2. The van der Waals surface area contributed by atoms with Crippen LogP contribution < -0.4 is 15.4 Å². The quantitative estimate of drug-likeness (QED) is 0.623. The number of carbonyl (C=O) groups excluding carboxylic acids is 2. The van der Waals surface area contributed by atoms with E-state index in [9.17, 15) is 9.59 Å². The van der Waals surface area contributed by atoms with Crippen LogP contribution in [0.2, 0.25) is 0 Å². The van der Waals surface area contributed by atoms with E-state index in [0.29, 0.717) is 16.3 Å². The number of rotatable bonds is 7. The van der Waals surface area contributed by atoms with Crippen molar-refractivity contribution in [1.82, 2.24) is 15.5 Å². The molecule has 0 unspecified atom stereocenters. The number of ether oxygens (including phenoxy) is 1. The molecule has 29 heavy (non-hydrogen) atoms. The van der Waals surface area contributed by atoms with Gasteiger partial charge in [0, 0.05) is 17.3 Å². The normalized spacial score (nSPS) is 13.0. The Hall–Kier alpha value is -3.26. The summed E-state index contributed by atoms with van der Waals surface area (Å²) < 4.78 is 5.74. The maximum atomic E-state index is 12.5. The molecular weight excluding hydrogens is 388 g/mol. The molecule has 1 heterocycles. The predicted octanol–water partition coefficient (Wildman–Crippen LogP) is 3.57. The molecule has 0 saturated heterocycles. The van der Waals surface area contributed by atoms with Gasteiger partial charge in [-0.25, -0.2) is 0 Å². The van der Waals surface area contributed by atoms with Crippen molar-refractivity contribution in [3.63, 3.8) is 0 Å². The summed E-state index contributed by atoms with van der Waals surface area (Å²) in [4.78, 5) is 24.6. The second kappa shape index (κ2) is 8.40. The second-order valence-electron chi connectivity index (χ2n) is 6.84. The number of para-hydroxylation sites is 1. The van der Waals surface area contributed by atoms with E-state index in [2.05, 4.69) is 20.8 Å². The van der Waals surface area contributed by atoms with Gasteiger partial charge >= 0.3 is 0 Å². The minimum atomic E-state index is -0.371. The molecule has 7 nitrogen and oxygen atoms in total. The van der Waals surface area contributed by atoms with Crippen LogP contribution in [0.5, 0.6) is 5.75 Å². The fourth-order valence-corrected chi connectivity index (χ4v) is 3.33. The topological polar surface area (TPSA) is 93.2 Å². The number of nitrogens with one attached hydrogen (secondary N) is 2. The SMILES string of the molecule is Cc1ccccc1OCc1nnc(C(=O)Nc2cccc(C(=O)NC3CC3)c2)s1. The number of aryl methyl sites for hydroxylation is 1. The predicted molar refractivity (Wildman–Crippen MR) is 110 cm³/mol. The molecular formula is C21H20N4O3S. The van der Waals surface area contributed by atoms with Crippen molar-refractivity contribution in [2.45, 2.75) is 32.4 Å². The van der Waals surface area contributed by atoms with E-state index in [1.54, 1.807) is 24.3 Å². The van der Waals surface area contributed by atoms with Crippen molar-refractivity contribution in [3.8, 4) is 5.75 Å². The van der Waals surface area contributed by atoms with E-state index >= 15 is 0 Å². The minimum absolute atomic E-state index is 0.129. The van der Waals surface area contributed by atoms with Crippen LogP contribution in [0.3, 0.4) is 0 Å². The molecule has 0 aliphatic heterocycles. The van der Waals surface area contributed by atoms with E-state index in [4.69, 9.17) is 4.74 Å². The molecule has 4 rings (SSSR count). The summed E-state index contributed by atoms with van der Waals surface area (Å²) in [6.07, 6.45) is 2.05. The van der Waals surface area contributed by atoms with E-state index in [1.165, 1.54) is 11.3 Å². The summed E-state index contributed by atoms with van der Waals surface area (Å²) >= 11 is 1.17. The molecule has 0 radical (unpaired) electrons. The van der Waals surface area contributed by atoms with Gasteiger partial charge in [-0.3, -0.25) is 9.59 Å². The third-order valence-electron chi connectivity index (χ3n) is 4.40. The van der Waals surface area contributed by atoms with Gasteiger partial charge in [-0.2, -0.15) is 0 Å². The number of hydrogen-bond donors (Lipinski definition) is 2. The Morgan fingerprint density at radius 2 is 1.93 bits per heavy atom. The lowest BCUT2D eigenvalue weighted by Gasteiger charge is -2.07. The van der Waals surface area contributed by atoms with Crippen LogP contribution in [-0.2, 0) is 6.61 Å². The van der Waals surface area contributed by atoms with Crippen LogP contribution >= 0.6 is 11.3 Å². The standard InChI is InChI=1S/C21H20N4O3S/c1-13-5-2-3-8-17(13)28-12-18-24-25-21(29-18)20(27)23-16-7-4-6-14(11-16)19(26)22-15-9-10-15/h2-8,11,15H,9-10,12H2,1H3,(H,22,26)(H,23,27). The van der Waals surface area contributed by atoms with Gasteiger partial charge < -0.3 is 15.4 Å². The van der Waals surface area contributed by atoms with Crippen molar-refractivity contribution in [2.75, 3.05) is 5.32 Å². The van der Waals surface area contributed by atoms with Crippen molar-refractivity contribution in [2.24, 2.45) is 0 Å². The second-order valence-corrected chi connectivity index (χ2v) is 7.90. The fraction of sp³-hybridized carbons (Fsp3) is 0.238. The zero-order valence-corrected chi connectivity index (χ0v) is 16.7. The van der Waals surface area contributed by atoms with E-state index in [0.717, 1.165) is 24.2 Å². The first-order valence-corrected chi connectivity index (χ1v) is 10.1. The largest absolute Gasteiger partial charge is 0.486 e. The molecule has 2 amide bonds. The lowest BCUT2D eigenvalue weighted by molar-refractivity contribution is 0.0949. The monoisotopic (exact) mass is 408 g/mol. The Labute approximate surface area is 172 Å². The van der Waals surface area contributed by atoms with Crippen molar-refractivity contribution in [1.29, 1.82) is 0 Å². The summed E-state index contributed by atoms with van der Waals surface area (Å²) in [6, 6.07) is 14.8. The number of carbonyl (C=O) groups is 2. The summed E-state index contributed by atoms with van der Waals surface area (Å²) in [5, 5.41) is 14.5. The lowest BCUT2D eigenvalue weighted by atomic mass is 10.2. The average Bonchev–Trinajstić information content (AvgIpc) is 3.40. The maximum absolute atomic E-state index is 12.5. The Balaban J connectivity index is 1.36. The highest BCUT2D eigenvalue weighted by Gasteiger charge is 2.24. The van der Waals surface area contributed by atoms with Crippen LogP contribution in [0.15, 0.2) is 48.5 Å². The van der Waals surface area contributed by atoms with Crippen LogP contribution in [0, 0.1) is 6.92 Å². The fourth-order valence-electron chi connectivity index (χ4n) is 2.68. The summed E-state index contributed by atoms with van der Waals surface area (Å²) in [6.45, 7) is 2.21. The molecule has 0 bridgehead atoms. The van der Waals surface area contributed by atoms with Gasteiger partial charge in [0.2, 0.25) is 5.01 Å². The van der Waals surface area contributed by atoms with Crippen molar-refractivity contribution < 1.29 is 14.3 Å². The van der Waals surface area contributed by atoms with Crippen LogP contribution in [0.1, 0.15) is 43.6 Å².